The number of ether oxygens (including phenoxy) is 2. The van der Waals surface area contributed by atoms with Crippen LogP contribution in [0.15, 0.2) is 48.0 Å². The number of carbonyl (C=O) groups is 2. The highest BCUT2D eigenvalue weighted by Crippen LogP contribution is 2.42. The predicted molar refractivity (Wildman–Crippen MR) is 138 cm³/mol. The molecule has 6 nitrogen and oxygen atoms in total. The standard InChI is InChI=1S/C29H37NO5/c1-8-15-30-25(19-9-12-21(13-10-19)35-17-18(2)3)24(27(32)28(30)33)26(31)22-16-20(29(4,5)6)11-14-23(22)34-7/h9-14,16,18,25,31H,8,15,17H2,1-7H3/b26-24+. The monoisotopic (exact) mass is 479 g/mol. The van der Waals surface area contributed by atoms with Crippen molar-refractivity contribution in [1.29, 1.82) is 0 Å². The van der Waals surface area contributed by atoms with Gasteiger partial charge in [-0.15, -0.1) is 0 Å². The van der Waals surface area contributed by atoms with E-state index in [4.69, 9.17) is 9.47 Å². The number of aliphatic hydroxyl groups excluding tert-OH is 1. The Labute approximate surface area is 208 Å². The van der Waals surface area contributed by atoms with E-state index in [2.05, 4.69) is 34.6 Å². The van der Waals surface area contributed by atoms with Crippen molar-refractivity contribution in [1.82, 2.24) is 4.90 Å². The first kappa shape index (κ1) is 26.3. The first-order valence-corrected chi connectivity index (χ1v) is 12.2. The molecule has 1 aliphatic rings. The summed E-state index contributed by atoms with van der Waals surface area (Å²) in [6.45, 7) is 13.3. The summed E-state index contributed by atoms with van der Waals surface area (Å²) in [5.74, 6) is 0.0248. The molecular formula is C29H37NO5. The number of amides is 1. The fourth-order valence-corrected chi connectivity index (χ4v) is 4.21. The van der Waals surface area contributed by atoms with Crippen LogP contribution in [0, 0.1) is 5.92 Å². The fraction of sp³-hybridized carbons (Fsp3) is 0.448. The number of ketones is 1. The van der Waals surface area contributed by atoms with Gasteiger partial charge in [0.1, 0.15) is 17.3 Å². The molecule has 1 saturated heterocycles. The minimum atomic E-state index is -0.697. The average Bonchev–Trinajstić information content (AvgIpc) is 3.07. The van der Waals surface area contributed by atoms with Gasteiger partial charge in [0.15, 0.2) is 0 Å². The normalized spacial score (nSPS) is 17.8. The summed E-state index contributed by atoms with van der Waals surface area (Å²) in [5, 5.41) is 11.5. The van der Waals surface area contributed by atoms with Crippen molar-refractivity contribution < 1.29 is 24.2 Å². The quantitative estimate of drug-likeness (QED) is 0.292. The molecule has 6 heteroatoms. The zero-order valence-corrected chi connectivity index (χ0v) is 21.8. The zero-order chi connectivity index (χ0) is 25.9. The minimum Gasteiger partial charge on any atom is -0.507 e. The van der Waals surface area contributed by atoms with Crippen LogP contribution in [0.1, 0.15) is 70.7 Å². The molecule has 2 aromatic carbocycles. The number of methoxy groups -OCH3 is 1. The summed E-state index contributed by atoms with van der Waals surface area (Å²) in [4.78, 5) is 27.8. The van der Waals surface area contributed by atoms with Crippen LogP contribution in [0.4, 0.5) is 0 Å². The summed E-state index contributed by atoms with van der Waals surface area (Å²) >= 11 is 0. The van der Waals surface area contributed by atoms with Crippen LogP contribution in [-0.4, -0.2) is 42.0 Å². The summed E-state index contributed by atoms with van der Waals surface area (Å²) in [6, 6.07) is 12.2. The first-order chi connectivity index (χ1) is 16.5. The van der Waals surface area contributed by atoms with Crippen molar-refractivity contribution in [3.05, 3.63) is 64.7 Å². The van der Waals surface area contributed by atoms with Gasteiger partial charge in [-0.3, -0.25) is 9.59 Å². The van der Waals surface area contributed by atoms with E-state index in [1.807, 2.05) is 43.3 Å². The van der Waals surface area contributed by atoms with Gasteiger partial charge in [-0.1, -0.05) is 59.7 Å². The third-order valence-corrected chi connectivity index (χ3v) is 6.10. The van der Waals surface area contributed by atoms with Crippen LogP contribution in [0.3, 0.4) is 0 Å². The van der Waals surface area contributed by atoms with Gasteiger partial charge in [0.25, 0.3) is 11.7 Å². The van der Waals surface area contributed by atoms with Crippen molar-refractivity contribution >= 4 is 17.4 Å². The Morgan fingerprint density at radius 1 is 1.09 bits per heavy atom. The molecule has 1 atom stereocenters. The molecule has 0 spiro atoms. The molecule has 1 heterocycles. The third kappa shape index (κ3) is 5.53. The van der Waals surface area contributed by atoms with Gasteiger partial charge >= 0.3 is 0 Å². The lowest BCUT2D eigenvalue weighted by atomic mass is 9.85. The molecule has 1 N–H and O–H groups in total. The van der Waals surface area contributed by atoms with E-state index < -0.39 is 17.7 Å². The number of nitrogens with zero attached hydrogens (tertiary/aromatic N) is 1. The number of likely N-dealkylation sites (tertiary alicyclic amines) is 1. The van der Waals surface area contributed by atoms with Crippen LogP contribution in [0.5, 0.6) is 11.5 Å². The molecule has 0 aliphatic carbocycles. The molecule has 0 radical (unpaired) electrons. The molecule has 35 heavy (non-hydrogen) atoms. The lowest BCUT2D eigenvalue weighted by Gasteiger charge is -2.25. The second-order valence-corrected chi connectivity index (χ2v) is 10.4. The van der Waals surface area contributed by atoms with Crippen LogP contribution >= 0.6 is 0 Å². The minimum absolute atomic E-state index is 0.0728. The maximum Gasteiger partial charge on any atom is 0.295 e. The van der Waals surface area contributed by atoms with Crippen molar-refractivity contribution in [2.45, 2.75) is 59.4 Å². The summed E-state index contributed by atoms with van der Waals surface area (Å²) < 4.78 is 11.3. The predicted octanol–water partition coefficient (Wildman–Crippen LogP) is 5.86. The second kappa shape index (κ2) is 10.5. The van der Waals surface area contributed by atoms with Crippen molar-refractivity contribution in [2.24, 2.45) is 5.92 Å². The van der Waals surface area contributed by atoms with Crippen molar-refractivity contribution in [3.8, 4) is 11.5 Å². The molecule has 0 bridgehead atoms. The number of aliphatic hydroxyl groups is 1. The summed E-state index contributed by atoms with van der Waals surface area (Å²) in [5.41, 5.74) is 2.01. The van der Waals surface area contributed by atoms with E-state index in [9.17, 15) is 14.7 Å². The van der Waals surface area contributed by atoms with Crippen LogP contribution < -0.4 is 9.47 Å². The number of rotatable bonds is 8. The highest BCUT2D eigenvalue weighted by atomic mass is 16.5. The summed E-state index contributed by atoms with van der Waals surface area (Å²) in [7, 11) is 1.52. The highest BCUT2D eigenvalue weighted by Gasteiger charge is 2.46. The van der Waals surface area contributed by atoms with Crippen LogP contribution in [0.2, 0.25) is 0 Å². The van der Waals surface area contributed by atoms with E-state index in [1.54, 1.807) is 6.07 Å². The first-order valence-electron chi connectivity index (χ1n) is 12.2. The Morgan fingerprint density at radius 2 is 1.74 bits per heavy atom. The Balaban J connectivity index is 2.16. The molecule has 0 saturated carbocycles. The fourth-order valence-electron chi connectivity index (χ4n) is 4.21. The SMILES string of the molecule is CCCN1C(=O)C(=O)/C(=C(/O)c2cc(C(C)(C)C)ccc2OC)C1c1ccc(OCC(C)C)cc1. The molecular weight excluding hydrogens is 442 g/mol. The number of benzene rings is 2. The lowest BCUT2D eigenvalue weighted by Crippen LogP contribution is -2.30. The Kier molecular flexibility index (Phi) is 7.93. The van der Waals surface area contributed by atoms with E-state index >= 15 is 0 Å². The van der Waals surface area contributed by atoms with Gasteiger partial charge in [-0.2, -0.15) is 0 Å². The van der Waals surface area contributed by atoms with Gasteiger partial charge in [0.05, 0.1) is 30.9 Å². The van der Waals surface area contributed by atoms with Gasteiger partial charge in [0, 0.05) is 6.54 Å². The van der Waals surface area contributed by atoms with Gasteiger partial charge in [-0.05, 0) is 53.1 Å². The van der Waals surface area contributed by atoms with E-state index in [-0.39, 0.29) is 16.7 Å². The number of Topliss-reactive ketones (excluding diaryl/α,β-unsaturated/α-hetero) is 1. The number of hydrogen-bond donors (Lipinski definition) is 1. The van der Waals surface area contributed by atoms with Crippen LogP contribution in [-0.2, 0) is 15.0 Å². The number of carbonyl (C=O) groups excluding carboxylic acids is 2. The smallest absolute Gasteiger partial charge is 0.295 e. The topological polar surface area (TPSA) is 76.1 Å². The molecule has 1 aliphatic heterocycles. The molecule has 3 rings (SSSR count). The maximum absolute atomic E-state index is 13.2. The lowest BCUT2D eigenvalue weighted by molar-refractivity contribution is -0.139. The van der Waals surface area contributed by atoms with E-state index in [1.165, 1.54) is 12.0 Å². The van der Waals surface area contributed by atoms with Gasteiger partial charge in [-0.25, -0.2) is 0 Å². The molecule has 2 aromatic rings. The van der Waals surface area contributed by atoms with Gasteiger partial charge in [0.2, 0.25) is 0 Å². The molecule has 1 unspecified atom stereocenters. The van der Waals surface area contributed by atoms with Crippen molar-refractivity contribution in [2.75, 3.05) is 20.3 Å². The zero-order valence-electron chi connectivity index (χ0n) is 21.8. The Hall–Kier alpha value is -3.28. The average molecular weight is 480 g/mol. The molecule has 0 aromatic heterocycles. The largest absolute Gasteiger partial charge is 0.507 e. The Morgan fingerprint density at radius 3 is 2.29 bits per heavy atom. The van der Waals surface area contributed by atoms with E-state index in [0.717, 1.165) is 16.9 Å². The Bertz CT molecular complexity index is 1110. The van der Waals surface area contributed by atoms with Crippen molar-refractivity contribution in [3.63, 3.8) is 0 Å². The molecule has 1 fully saturated rings. The van der Waals surface area contributed by atoms with E-state index in [0.29, 0.717) is 36.8 Å². The number of hydrogen-bond acceptors (Lipinski definition) is 5. The molecule has 1 amide bonds. The third-order valence-electron chi connectivity index (χ3n) is 6.10. The molecule has 188 valence electrons. The second-order valence-electron chi connectivity index (χ2n) is 10.4. The summed E-state index contributed by atoms with van der Waals surface area (Å²) in [6.07, 6.45) is 0.683. The highest BCUT2D eigenvalue weighted by molar-refractivity contribution is 6.46. The van der Waals surface area contributed by atoms with Crippen LogP contribution in [0.25, 0.3) is 5.76 Å². The van der Waals surface area contributed by atoms with Gasteiger partial charge < -0.3 is 19.5 Å². The maximum atomic E-state index is 13.2.